The molecule has 2 N–H and O–H groups in total. The summed E-state index contributed by atoms with van der Waals surface area (Å²) in [6.07, 6.45) is -0.513. The molecule has 0 radical (unpaired) electrons. The van der Waals surface area contributed by atoms with Gasteiger partial charge in [-0.1, -0.05) is 25.4 Å². The number of imide groups is 1. The molecular formula is C18H21ClFN3O5. The summed E-state index contributed by atoms with van der Waals surface area (Å²) in [4.78, 5) is 49.4. The smallest absolute Gasteiger partial charge is 0.327 e. The Hall–Kier alpha value is -2.68. The van der Waals surface area contributed by atoms with Crippen LogP contribution in [0.2, 0.25) is 5.02 Å². The molecule has 0 aliphatic carbocycles. The molecule has 0 bridgehead atoms. The maximum absolute atomic E-state index is 13.7. The van der Waals surface area contributed by atoms with Crippen LogP contribution in [0, 0.1) is 5.82 Å². The van der Waals surface area contributed by atoms with Crippen LogP contribution < -0.4 is 10.6 Å². The molecule has 2 rings (SSSR count). The van der Waals surface area contributed by atoms with E-state index in [1.54, 1.807) is 13.8 Å². The Balaban J connectivity index is 1.96. The number of carbonyl (C=O) groups is 4. The van der Waals surface area contributed by atoms with Crippen LogP contribution in [0.3, 0.4) is 0 Å². The highest BCUT2D eigenvalue weighted by Gasteiger charge is 2.49. The zero-order valence-electron chi connectivity index (χ0n) is 15.7. The highest BCUT2D eigenvalue weighted by atomic mass is 35.5. The Morgan fingerprint density at radius 3 is 2.50 bits per heavy atom. The summed E-state index contributed by atoms with van der Waals surface area (Å²) < 4.78 is 18.7. The maximum Gasteiger partial charge on any atom is 0.327 e. The number of carbonyl (C=O) groups excluding carboxylic acids is 4. The summed E-state index contributed by atoms with van der Waals surface area (Å²) in [5.74, 6) is -2.97. The van der Waals surface area contributed by atoms with Gasteiger partial charge in [0.15, 0.2) is 6.10 Å². The lowest BCUT2D eigenvalue weighted by molar-refractivity contribution is -0.155. The van der Waals surface area contributed by atoms with Crippen molar-refractivity contribution in [3.63, 3.8) is 0 Å². The van der Waals surface area contributed by atoms with Gasteiger partial charge in [-0.05, 0) is 38.0 Å². The Labute approximate surface area is 166 Å². The van der Waals surface area contributed by atoms with Gasteiger partial charge in [-0.25, -0.2) is 9.18 Å². The molecule has 4 amide bonds. The van der Waals surface area contributed by atoms with Gasteiger partial charge in [0.2, 0.25) is 0 Å². The number of hydrogen-bond donors (Lipinski definition) is 2. The predicted octanol–water partition coefficient (Wildman–Crippen LogP) is 2.46. The molecule has 28 heavy (non-hydrogen) atoms. The third-order valence-corrected chi connectivity index (χ3v) is 4.84. The predicted molar refractivity (Wildman–Crippen MR) is 99.2 cm³/mol. The topological polar surface area (TPSA) is 105 Å². The molecule has 0 saturated carbocycles. The van der Waals surface area contributed by atoms with Crippen molar-refractivity contribution < 1.29 is 28.3 Å². The molecule has 1 aromatic rings. The Morgan fingerprint density at radius 1 is 1.32 bits per heavy atom. The molecule has 1 aromatic carbocycles. The van der Waals surface area contributed by atoms with Crippen molar-refractivity contribution in [1.29, 1.82) is 0 Å². The third kappa shape index (κ3) is 4.41. The normalized spacial score (nSPS) is 16.5. The van der Waals surface area contributed by atoms with E-state index in [1.807, 2.05) is 0 Å². The number of nitrogens with one attached hydrogen (secondary N) is 2. The van der Waals surface area contributed by atoms with E-state index in [1.165, 1.54) is 19.1 Å². The average molecular weight is 414 g/mol. The lowest BCUT2D eigenvalue weighted by atomic mass is 9.93. The molecule has 10 heteroatoms. The SMILES string of the molecule is CCC1(CC)NC(=O)N(CC(=O)O[C@@H](C)C(=O)Nc2ccc(Cl)cc2F)C1=O. The average Bonchev–Trinajstić information content (AvgIpc) is 2.88. The number of amides is 4. The zero-order valence-corrected chi connectivity index (χ0v) is 16.4. The van der Waals surface area contributed by atoms with Crippen molar-refractivity contribution in [3.8, 4) is 0 Å². The van der Waals surface area contributed by atoms with Crippen molar-refractivity contribution in [3.05, 3.63) is 29.0 Å². The number of hydrogen-bond acceptors (Lipinski definition) is 5. The molecule has 1 saturated heterocycles. The number of anilines is 1. The van der Waals surface area contributed by atoms with Crippen molar-refractivity contribution in [2.24, 2.45) is 0 Å². The summed E-state index contributed by atoms with van der Waals surface area (Å²) in [7, 11) is 0. The van der Waals surface area contributed by atoms with E-state index in [9.17, 15) is 23.6 Å². The molecule has 0 unspecified atom stereocenters. The molecule has 0 aromatic heterocycles. The van der Waals surface area contributed by atoms with E-state index in [2.05, 4.69) is 10.6 Å². The van der Waals surface area contributed by atoms with Crippen LogP contribution >= 0.6 is 11.6 Å². The van der Waals surface area contributed by atoms with Gasteiger partial charge in [-0.3, -0.25) is 19.3 Å². The summed E-state index contributed by atoms with van der Waals surface area (Å²) in [5.41, 5.74) is -1.16. The fourth-order valence-corrected chi connectivity index (χ4v) is 2.95. The van der Waals surface area contributed by atoms with Gasteiger partial charge in [0.1, 0.15) is 17.9 Å². The maximum atomic E-state index is 13.7. The van der Waals surface area contributed by atoms with Crippen LogP contribution in [0.25, 0.3) is 0 Å². The van der Waals surface area contributed by atoms with Gasteiger partial charge in [0.05, 0.1) is 5.69 Å². The number of halogens is 2. The van der Waals surface area contributed by atoms with E-state index in [0.717, 1.165) is 11.0 Å². The fraction of sp³-hybridized carbons (Fsp3) is 0.444. The van der Waals surface area contributed by atoms with Crippen molar-refractivity contribution in [2.45, 2.75) is 45.3 Å². The van der Waals surface area contributed by atoms with Gasteiger partial charge < -0.3 is 15.4 Å². The second kappa shape index (κ2) is 8.55. The van der Waals surface area contributed by atoms with E-state index in [4.69, 9.17) is 16.3 Å². The summed E-state index contributed by atoms with van der Waals surface area (Å²) >= 11 is 5.64. The Morgan fingerprint density at radius 2 is 1.96 bits per heavy atom. The van der Waals surface area contributed by atoms with Crippen molar-refractivity contribution >= 4 is 41.1 Å². The molecule has 1 heterocycles. The van der Waals surface area contributed by atoms with E-state index >= 15 is 0 Å². The highest BCUT2D eigenvalue weighted by molar-refractivity contribution is 6.30. The first kappa shape index (κ1) is 21.6. The fourth-order valence-electron chi connectivity index (χ4n) is 2.79. The van der Waals surface area contributed by atoms with Crippen LogP contribution in [0.1, 0.15) is 33.6 Å². The van der Waals surface area contributed by atoms with Crippen LogP contribution in [0.15, 0.2) is 18.2 Å². The number of urea groups is 1. The zero-order chi connectivity index (χ0) is 21.1. The monoisotopic (exact) mass is 413 g/mol. The first-order valence-electron chi connectivity index (χ1n) is 8.73. The van der Waals surface area contributed by atoms with Crippen LogP contribution in [0.5, 0.6) is 0 Å². The number of nitrogens with zero attached hydrogens (tertiary/aromatic N) is 1. The van der Waals surface area contributed by atoms with Crippen molar-refractivity contribution in [1.82, 2.24) is 10.2 Å². The Kier molecular flexibility index (Phi) is 6.60. The van der Waals surface area contributed by atoms with E-state index in [-0.39, 0.29) is 10.7 Å². The molecule has 1 aliphatic rings. The lowest BCUT2D eigenvalue weighted by Crippen LogP contribution is -2.46. The second-order valence-electron chi connectivity index (χ2n) is 6.36. The number of benzene rings is 1. The Bertz CT molecular complexity index is 812. The highest BCUT2D eigenvalue weighted by Crippen LogP contribution is 2.25. The van der Waals surface area contributed by atoms with Crippen LogP contribution in [-0.4, -0.2) is 46.9 Å². The molecule has 1 aliphatic heterocycles. The first-order valence-corrected chi connectivity index (χ1v) is 9.10. The second-order valence-corrected chi connectivity index (χ2v) is 6.79. The lowest BCUT2D eigenvalue weighted by Gasteiger charge is -2.23. The number of rotatable bonds is 7. The largest absolute Gasteiger partial charge is 0.451 e. The summed E-state index contributed by atoms with van der Waals surface area (Å²) in [6.45, 7) is 4.17. The minimum absolute atomic E-state index is 0.123. The third-order valence-electron chi connectivity index (χ3n) is 4.61. The summed E-state index contributed by atoms with van der Waals surface area (Å²) in [6, 6.07) is 3.00. The molecule has 8 nitrogen and oxygen atoms in total. The van der Waals surface area contributed by atoms with Gasteiger partial charge in [-0.2, -0.15) is 0 Å². The van der Waals surface area contributed by atoms with E-state index < -0.39 is 47.8 Å². The minimum atomic E-state index is -1.27. The minimum Gasteiger partial charge on any atom is -0.451 e. The van der Waals surface area contributed by atoms with Gasteiger partial charge in [0.25, 0.3) is 11.8 Å². The van der Waals surface area contributed by atoms with Crippen molar-refractivity contribution in [2.75, 3.05) is 11.9 Å². The van der Waals surface area contributed by atoms with E-state index in [0.29, 0.717) is 12.8 Å². The standard InChI is InChI=1S/C18H21ClFN3O5/c1-4-18(5-2)16(26)23(17(27)22-18)9-14(24)28-10(3)15(25)21-13-7-6-11(19)8-12(13)20/h6-8,10H,4-5,9H2,1-3H3,(H,21,25)(H,22,27)/t10-/m0/s1. The number of esters is 1. The molecule has 1 atom stereocenters. The van der Waals surface area contributed by atoms with Gasteiger partial charge >= 0.3 is 12.0 Å². The molecular weight excluding hydrogens is 393 g/mol. The number of ether oxygens (including phenoxy) is 1. The summed E-state index contributed by atoms with van der Waals surface area (Å²) in [5, 5.41) is 5.03. The van der Waals surface area contributed by atoms with Crippen LogP contribution in [-0.2, 0) is 19.1 Å². The molecule has 0 spiro atoms. The first-order chi connectivity index (χ1) is 13.1. The van der Waals surface area contributed by atoms with Crippen LogP contribution in [0.4, 0.5) is 14.9 Å². The molecule has 152 valence electrons. The quantitative estimate of drug-likeness (QED) is 0.527. The molecule has 1 fully saturated rings. The van der Waals surface area contributed by atoms with Gasteiger partial charge in [0, 0.05) is 5.02 Å². The van der Waals surface area contributed by atoms with Gasteiger partial charge in [-0.15, -0.1) is 0 Å².